The number of benzene rings is 1. The van der Waals surface area contributed by atoms with E-state index in [1.165, 1.54) is 5.56 Å². The average molecular weight is 460 g/mol. The summed E-state index contributed by atoms with van der Waals surface area (Å²) in [4.78, 5) is 32.2. The lowest BCUT2D eigenvalue weighted by Crippen LogP contribution is -2.34. The van der Waals surface area contributed by atoms with Crippen LogP contribution in [0.5, 0.6) is 0 Å². The van der Waals surface area contributed by atoms with Crippen molar-refractivity contribution in [2.24, 2.45) is 17.8 Å². The zero-order chi connectivity index (χ0) is 23.9. The molecule has 6 nitrogen and oxygen atoms in total. The molecule has 0 spiro atoms. The highest BCUT2D eigenvalue weighted by atomic mass is 16.5. The molecule has 2 atom stereocenters. The van der Waals surface area contributed by atoms with E-state index in [1.54, 1.807) is 6.07 Å². The van der Waals surface area contributed by atoms with Crippen LogP contribution in [-0.2, 0) is 10.2 Å². The van der Waals surface area contributed by atoms with Gasteiger partial charge in [0.25, 0.3) is 11.8 Å². The minimum absolute atomic E-state index is 0.0768. The molecule has 1 aliphatic carbocycles. The predicted molar refractivity (Wildman–Crippen MR) is 131 cm³/mol. The van der Waals surface area contributed by atoms with E-state index >= 15 is 0 Å². The van der Waals surface area contributed by atoms with Gasteiger partial charge in [0.15, 0.2) is 0 Å². The Morgan fingerprint density at radius 3 is 2.47 bits per heavy atom. The average Bonchev–Trinajstić information content (AvgIpc) is 3.30. The lowest BCUT2D eigenvalue weighted by atomic mass is 9.86. The Morgan fingerprint density at radius 2 is 1.82 bits per heavy atom. The molecule has 2 aromatic rings. The number of amides is 2. The van der Waals surface area contributed by atoms with Gasteiger partial charge in [-0.25, -0.2) is 4.98 Å². The molecule has 1 N–H and O–H groups in total. The molecule has 2 fully saturated rings. The summed E-state index contributed by atoms with van der Waals surface area (Å²) < 4.78 is 5.36. The first-order valence-corrected chi connectivity index (χ1v) is 12.2. The van der Waals surface area contributed by atoms with E-state index < -0.39 is 0 Å². The smallest absolute Gasteiger partial charge is 0.269 e. The van der Waals surface area contributed by atoms with Crippen LogP contribution in [0.4, 0.5) is 0 Å². The van der Waals surface area contributed by atoms with Crippen molar-refractivity contribution < 1.29 is 14.3 Å². The summed E-state index contributed by atoms with van der Waals surface area (Å²) in [5.41, 5.74) is 4.50. The summed E-state index contributed by atoms with van der Waals surface area (Å²) in [5, 5.41) is 3.07. The van der Waals surface area contributed by atoms with Crippen molar-refractivity contribution >= 4 is 17.4 Å². The van der Waals surface area contributed by atoms with Gasteiger partial charge in [-0.1, -0.05) is 45.0 Å². The number of hydrogen-bond acceptors (Lipinski definition) is 4. The summed E-state index contributed by atoms with van der Waals surface area (Å²) in [6.07, 6.45) is 2.85. The SMILES string of the molecule is CC(C)(C)c1ccc(C(=O)N2CC3C(CNC(=O)c4cccc(C5=CCOCC5)n4)C3C2)cc1. The summed E-state index contributed by atoms with van der Waals surface area (Å²) in [6.45, 7) is 9.99. The second-order valence-corrected chi connectivity index (χ2v) is 10.7. The van der Waals surface area contributed by atoms with Crippen LogP contribution < -0.4 is 5.32 Å². The van der Waals surface area contributed by atoms with E-state index in [-0.39, 0.29) is 17.2 Å². The molecule has 2 aliphatic heterocycles. The first-order valence-electron chi connectivity index (χ1n) is 12.2. The Labute approximate surface area is 201 Å². The fourth-order valence-corrected chi connectivity index (χ4v) is 5.21. The first-order chi connectivity index (χ1) is 16.3. The van der Waals surface area contributed by atoms with Crippen LogP contribution in [0.1, 0.15) is 59.3 Å². The standard InChI is InChI=1S/C28H33N3O3/c1-28(2,3)20-9-7-19(8-10-20)27(33)31-16-22-21(23(22)17-31)15-29-26(32)25-6-4-5-24(30-25)18-11-13-34-14-12-18/h4-11,21-23H,12-17H2,1-3H3,(H,29,32). The van der Waals surface area contributed by atoms with E-state index in [1.807, 2.05) is 35.2 Å². The van der Waals surface area contributed by atoms with Gasteiger partial charge in [-0.15, -0.1) is 0 Å². The molecule has 1 aromatic carbocycles. The molecule has 0 radical (unpaired) electrons. The number of likely N-dealkylation sites (tertiary alicyclic amines) is 1. The quantitative estimate of drug-likeness (QED) is 0.736. The molecule has 2 amide bonds. The maximum atomic E-state index is 12.9. The van der Waals surface area contributed by atoms with Crippen LogP contribution in [0, 0.1) is 17.8 Å². The minimum atomic E-state index is -0.133. The number of fused-ring (bicyclic) bond motifs is 1. The van der Waals surface area contributed by atoms with Crippen LogP contribution >= 0.6 is 0 Å². The van der Waals surface area contributed by atoms with E-state index in [4.69, 9.17) is 4.74 Å². The number of ether oxygens (including phenoxy) is 1. The molecule has 1 saturated heterocycles. The maximum absolute atomic E-state index is 12.9. The van der Waals surface area contributed by atoms with Crippen molar-refractivity contribution in [1.29, 1.82) is 0 Å². The van der Waals surface area contributed by atoms with Gasteiger partial charge in [0, 0.05) is 25.2 Å². The van der Waals surface area contributed by atoms with Gasteiger partial charge in [-0.3, -0.25) is 9.59 Å². The number of pyridine rings is 1. The lowest BCUT2D eigenvalue weighted by molar-refractivity contribution is 0.0764. The first kappa shape index (κ1) is 22.8. The molecule has 3 aliphatic rings. The number of carbonyl (C=O) groups excluding carboxylic acids is 2. The highest BCUT2D eigenvalue weighted by molar-refractivity contribution is 5.94. The van der Waals surface area contributed by atoms with E-state index in [0.29, 0.717) is 43.2 Å². The summed E-state index contributed by atoms with van der Waals surface area (Å²) in [6, 6.07) is 13.6. The van der Waals surface area contributed by atoms with Crippen molar-refractivity contribution in [1.82, 2.24) is 15.2 Å². The fourth-order valence-electron chi connectivity index (χ4n) is 5.21. The number of hydrogen-bond donors (Lipinski definition) is 1. The van der Waals surface area contributed by atoms with Crippen LogP contribution in [-0.4, -0.2) is 54.5 Å². The molecule has 1 saturated carbocycles. The normalized spacial score (nSPS) is 23.8. The third kappa shape index (κ3) is 4.64. The zero-order valence-electron chi connectivity index (χ0n) is 20.2. The Morgan fingerprint density at radius 1 is 1.09 bits per heavy atom. The summed E-state index contributed by atoms with van der Waals surface area (Å²) in [5.74, 6) is 1.37. The van der Waals surface area contributed by atoms with Crippen molar-refractivity contribution in [2.75, 3.05) is 32.8 Å². The lowest BCUT2D eigenvalue weighted by Gasteiger charge is -2.22. The van der Waals surface area contributed by atoms with Gasteiger partial charge in [-0.2, -0.15) is 0 Å². The molecular formula is C28H33N3O3. The third-order valence-corrected chi connectivity index (χ3v) is 7.43. The summed E-state index contributed by atoms with van der Waals surface area (Å²) >= 11 is 0. The second-order valence-electron chi connectivity index (χ2n) is 10.7. The van der Waals surface area contributed by atoms with Crippen molar-refractivity contribution in [3.63, 3.8) is 0 Å². The molecule has 6 heteroatoms. The third-order valence-electron chi connectivity index (χ3n) is 7.43. The Bertz CT molecular complexity index is 1100. The molecule has 2 unspecified atom stereocenters. The summed E-state index contributed by atoms with van der Waals surface area (Å²) in [7, 11) is 0. The second kappa shape index (κ2) is 8.99. The highest BCUT2D eigenvalue weighted by Gasteiger charge is 2.56. The number of carbonyl (C=O) groups is 2. The zero-order valence-corrected chi connectivity index (χ0v) is 20.2. The number of rotatable bonds is 5. The van der Waals surface area contributed by atoms with E-state index in [2.05, 4.69) is 43.2 Å². The van der Waals surface area contributed by atoms with Crippen molar-refractivity contribution in [3.05, 3.63) is 71.1 Å². The van der Waals surface area contributed by atoms with Crippen LogP contribution in [0.15, 0.2) is 48.5 Å². The molecule has 34 heavy (non-hydrogen) atoms. The Hall–Kier alpha value is -2.99. The Kier molecular flexibility index (Phi) is 6.02. The minimum Gasteiger partial charge on any atom is -0.377 e. The van der Waals surface area contributed by atoms with Crippen molar-refractivity contribution in [3.8, 4) is 0 Å². The van der Waals surface area contributed by atoms with Gasteiger partial charge in [0.05, 0.1) is 18.9 Å². The molecule has 3 heterocycles. The molecule has 1 aromatic heterocycles. The molecule has 178 valence electrons. The predicted octanol–water partition coefficient (Wildman–Crippen LogP) is 3.93. The number of aromatic nitrogens is 1. The number of piperidine rings is 1. The fraction of sp³-hybridized carbons (Fsp3) is 0.464. The number of nitrogens with zero attached hydrogens (tertiary/aromatic N) is 2. The molecular weight excluding hydrogens is 426 g/mol. The van der Waals surface area contributed by atoms with Crippen molar-refractivity contribution in [2.45, 2.75) is 32.6 Å². The Balaban J connectivity index is 1.12. The van der Waals surface area contributed by atoms with Crippen LogP contribution in [0.2, 0.25) is 0 Å². The van der Waals surface area contributed by atoms with Crippen LogP contribution in [0.3, 0.4) is 0 Å². The topological polar surface area (TPSA) is 71.5 Å². The van der Waals surface area contributed by atoms with Gasteiger partial charge in [0.2, 0.25) is 0 Å². The molecule has 0 bridgehead atoms. The molecule has 5 rings (SSSR count). The monoisotopic (exact) mass is 459 g/mol. The van der Waals surface area contributed by atoms with E-state index in [0.717, 1.165) is 36.3 Å². The van der Waals surface area contributed by atoms with Crippen LogP contribution in [0.25, 0.3) is 5.57 Å². The van der Waals surface area contributed by atoms with Gasteiger partial charge < -0.3 is 15.0 Å². The van der Waals surface area contributed by atoms with E-state index in [9.17, 15) is 9.59 Å². The largest absolute Gasteiger partial charge is 0.377 e. The number of nitrogens with one attached hydrogen (secondary N) is 1. The van der Waals surface area contributed by atoms with Gasteiger partial charge in [0.1, 0.15) is 5.69 Å². The van der Waals surface area contributed by atoms with Gasteiger partial charge in [-0.05, 0) is 65.0 Å². The highest BCUT2D eigenvalue weighted by Crippen LogP contribution is 2.51. The van der Waals surface area contributed by atoms with Gasteiger partial charge >= 0.3 is 0 Å². The maximum Gasteiger partial charge on any atom is 0.269 e.